The van der Waals surface area contributed by atoms with Gasteiger partial charge in [0.25, 0.3) is 0 Å². The SMILES string of the molecule is CCC(C)NC(=O)NCc1ccc2c(c1)cc(C)n2C. The summed E-state index contributed by atoms with van der Waals surface area (Å²) in [7, 11) is 2.06. The standard InChI is InChI=1S/C16H23N3O/c1-5-11(2)18-16(20)17-10-13-6-7-15-14(9-13)8-12(3)19(15)4/h6-9,11H,5,10H2,1-4H3,(H2,17,18,20). The fourth-order valence-corrected chi connectivity index (χ4v) is 2.21. The Hall–Kier alpha value is -1.97. The number of hydrogen-bond donors (Lipinski definition) is 2. The molecule has 0 saturated heterocycles. The van der Waals surface area contributed by atoms with Crippen molar-refractivity contribution in [2.24, 2.45) is 7.05 Å². The van der Waals surface area contributed by atoms with Crippen molar-refractivity contribution in [3.8, 4) is 0 Å². The molecule has 0 spiro atoms. The predicted octanol–water partition coefficient (Wildman–Crippen LogP) is 3.08. The Morgan fingerprint density at radius 2 is 2.10 bits per heavy atom. The molecule has 2 N–H and O–H groups in total. The van der Waals surface area contributed by atoms with E-state index in [1.165, 1.54) is 16.6 Å². The van der Waals surface area contributed by atoms with Gasteiger partial charge in [-0.2, -0.15) is 0 Å². The summed E-state index contributed by atoms with van der Waals surface area (Å²) in [6.07, 6.45) is 0.933. The molecule has 0 bridgehead atoms. The van der Waals surface area contributed by atoms with Gasteiger partial charge in [-0.1, -0.05) is 13.0 Å². The molecule has 2 aromatic rings. The summed E-state index contributed by atoms with van der Waals surface area (Å²) in [4.78, 5) is 11.7. The number of fused-ring (bicyclic) bond motifs is 1. The molecule has 1 unspecified atom stereocenters. The molecule has 0 radical (unpaired) electrons. The predicted molar refractivity (Wildman–Crippen MR) is 82.8 cm³/mol. The van der Waals surface area contributed by atoms with Crippen LogP contribution in [0.3, 0.4) is 0 Å². The molecule has 0 saturated carbocycles. The van der Waals surface area contributed by atoms with Crippen LogP contribution in [0, 0.1) is 6.92 Å². The number of aromatic nitrogens is 1. The van der Waals surface area contributed by atoms with Crippen molar-refractivity contribution in [2.45, 2.75) is 39.8 Å². The third-order valence-electron chi connectivity index (χ3n) is 3.79. The minimum atomic E-state index is -0.108. The van der Waals surface area contributed by atoms with E-state index in [-0.39, 0.29) is 12.1 Å². The number of urea groups is 1. The highest BCUT2D eigenvalue weighted by atomic mass is 16.2. The van der Waals surface area contributed by atoms with Gasteiger partial charge in [-0.25, -0.2) is 4.79 Å². The summed E-state index contributed by atoms with van der Waals surface area (Å²) in [5.74, 6) is 0. The molecule has 0 fully saturated rings. The van der Waals surface area contributed by atoms with Crippen LogP contribution in [0.1, 0.15) is 31.5 Å². The zero-order valence-electron chi connectivity index (χ0n) is 12.7. The normalized spacial score (nSPS) is 12.4. The third kappa shape index (κ3) is 3.13. The van der Waals surface area contributed by atoms with Gasteiger partial charge < -0.3 is 15.2 Å². The summed E-state index contributed by atoms with van der Waals surface area (Å²) in [6.45, 7) is 6.69. The molecule has 0 aliphatic carbocycles. The third-order valence-corrected chi connectivity index (χ3v) is 3.79. The van der Waals surface area contributed by atoms with Crippen LogP contribution in [-0.2, 0) is 13.6 Å². The monoisotopic (exact) mass is 273 g/mol. The van der Waals surface area contributed by atoms with Gasteiger partial charge in [0.2, 0.25) is 0 Å². The number of rotatable bonds is 4. The van der Waals surface area contributed by atoms with Gasteiger partial charge in [-0.05, 0) is 44.0 Å². The molecule has 1 atom stereocenters. The number of benzene rings is 1. The smallest absolute Gasteiger partial charge is 0.315 e. The van der Waals surface area contributed by atoms with Gasteiger partial charge in [-0.15, -0.1) is 0 Å². The van der Waals surface area contributed by atoms with Crippen LogP contribution in [-0.4, -0.2) is 16.6 Å². The van der Waals surface area contributed by atoms with Crippen molar-refractivity contribution in [1.82, 2.24) is 15.2 Å². The van der Waals surface area contributed by atoms with Crippen LogP contribution >= 0.6 is 0 Å². The number of nitrogens with zero attached hydrogens (tertiary/aromatic N) is 1. The average Bonchev–Trinajstić information content (AvgIpc) is 2.71. The van der Waals surface area contributed by atoms with E-state index >= 15 is 0 Å². The average molecular weight is 273 g/mol. The molecule has 0 aliphatic heterocycles. The van der Waals surface area contributed by atoms with Gasteiger partial charge in [0, 0.05) is 36.2 Å². The summed E-state index contributed by atoms with van der Waals surface area (Å²) in [5, 5.41) is 7.00. The van der Waals surface area contributed by atoms with Crippen molar-refractivity contribution < 1.29 is 4.79 Å². The Bertz CT molecular complexity index is 615. The minimum Gasteiger partial charge on any atom is -0.348 e. The highest BCUT2D eigenvalue weighted by Crippen LogP contribution is 2.19. The van der Waals surface area contributed by atoms with Crippen LogP contribution in [0.4, 0.5) is 4.79 Å². The molecule has 1 aromatic heterocycles. The van der Waals surface area contributed by atoms with Crippen molar-refractivity contribution >= 4 is 16.9 Å². The molecule has 2 amide bonds. The number of amides is 2. The fourth-order valence-electron chi connectivity index (χ4n) is 2.21. The van der Waals surface area contributed by atoms with E-state index in [0.717, 1.165) is 12.0 Å². The summed E-state index contributed by atoms with van der Waals surface area (Å²) < 4.78 is 2.17. The first kappa shape index (κ1) is 14.4. The lowest BCUT2D eigenvalue weighted by atomic mass is 10.1. The molecule has 4 nitrogen and oxygen atoms in total. The zero-order valence-corrected chi connectivity index (χ0v) is 12.7. The highest BCUT2D eigenvalue weighted by Gasteiger charge is 2.06. The van der Waals surface area contributed by atoms with Gasteiger partial charge >= 0.3 is 6.03 Å². The quantitative estimate of drug-likeness (QED) is 0.883. The number of aryl methyl sites for hydroxylation is 2. The summed E-state index contributed by atoms with van der Waals surface area (Å²) >= 11 is 0. The molecular weight excluding hydrogens is 250 g/mol. The first-order valence-corrected chi connectivity index (χ1v) is 7.10. The Labute approximate surface area is 120 Å². The maximum Gasteiger partial charge on any atom is 0.315 e. The summed E-state index contributed by atoms with van der Waals surface area (Å²) in [6, 6.07) is 8.55. The number of carbonyl (C=O) groups excluding carboxylic acids is 1. The van der Waals surface area contributed by atoms with Crippen LogP contribution in [0.5, 0.6) is 0 Å². The number of hydrogen-bond acceptors (Lipinski definition) is 1. The van der Waals surface area contributed by atoms with E-state index in [9.17, 15) is 4.79 Å². The van der Waals surface area contributed by atoms with E-state index in [1.54, 1.807) is 0 Å². The van der Waals surface area contributed by atoms with E-state index in [4.69, 9.17) is 0 Å². The summed E-state index contributed by atoms with van der Waals surface area (Å²) in [5.41, 5.74) is 3.57. The Kier molecular flexibility index (Phi) is 4.32. The highest BCUT2D eigenvalue weighted by molar-refractivity contribution is 5.82. The molecule has 4 heteroatoms. The second-order valence-corrected chi connectivity index (χ2v) is 5.37. The van der Waals surface area contributed by atoms with Crippen LogP contribution in [0.15, 0.2) is 24.3 Å². The second kappa shape index (κ2) is 5.99. The molecule has 1 aromatic carbocycles. The van der Waals surface area contributed by atoms with E-state index in [2.05, 4.69) is 60.4 Å². The maximum absolute atomic E-state index is 11.7. The van der Waals surface area contributed by atoms with Crippen LogP contribution in [0.25, 0.3) is 10.9 Å². The Morgan fingerprint density at radius 1 is 1.35 bits per heavy atom. The molecule has 2 rings (SSSR count). The zero-order chi connectivity index (χ0) is 14.7. The second-order valence-electron chi connectivity index (χ2n) is 5.37. The Balaban J connectivity index is 2.02. The van der Waals surface area contributed by atoms with E-state index in [0.29, 0.717) is 6.54 Å². The topological polar surface area (TPSA) is 46.1 Å². The molecule has 108 valence electrons. The lowest BCUT2D eigenvalue weighted by Crippen LogP contribution is -2.40. The van der Waals surface area contributed by atoms with Crippen molar-refractivity contribution in [3.63, 3.8) is 0 Å². The van der Waals surface area contributed by atoms with Crippen molar-refractivity contribution in [2.75, 3.05) is 0 Å². The maximum atomic E-state index is 11.7. The Morgan fingerprint density at radius 3 is 2.80 bits per heavy atom. The van der Waals surface area contributed by atoms with Gasteiger partial charge in [0.15, 0.2) is 0 Å². The number of nitrogens with one attached hydrogen (secondary N) is 2. The van der Waals surface area contributed by atoms with Gasteiger partial charge in [0.05, 0.1) is 0 Å². The molecule has 0 aliphatic rings. The van der Waals surface area contributed by atoms with Crippen molar-refractivity contribution in [1.29, 1.82) is 0 Å². The van der Waals surface area contributed by atoms with Crippen molar-refractivity contribution in [3.05, 3.63) is 35.5 Å². The first-order chi connectivity index (χ1) is 9.51. The minimum absolute atomic E-state index is 0.108. The van der Waals surface area contributed by atoms with Gasteiger partial charge in [-0.3, -0.25) is 0 Å². The van der Waals surface area contributed by atoms with Gasteiger partial charge in [0.1, 0.15) is 0 Å². The number of carbonyl (C=O) groups is 1. The fraction of sp³-hybridized carbons (Fsp3) is 0.438. The molecule has 1 heterocycles. The molecular formula is C16H23N3O. The van der Waals surface area contributed by atoms with E-state index < -0.39 is 0 Å². The largest absolute Gasteiger partial charge is 0.348 e. The van der Waals surface area contributed by atoms with Crippen LogP contribution < -0.4 is 10.6 Å². The lowest BCUT2D eigenvalue weighted by molar-refractivity contribution is 0.237. The molecule has 20 heavy (non-hydrogen) atoms. The first-order valence-electron chi connectivity index (χ1n) is 7.10. The lowest BCUT2D eigenvalue weighted by Gasteiger charge is -2.12. The van der Waals surface area contributed by atoms with Crippen LogP contribution in [0.2, 0.25) is 0 Å². The van der Waals surface area contributed by atoms with E-state index in [1.807, 2.05) is 6.92 Å².